The summed E-state index contributed by atoms with van der Waals surface area (Å²) in [7, 11) is 0. The summed E-state index contributed by atoms with van der Waals surface area (Å²) in [5.74, 6) is -3.72. The van der Waals surface area contributed by atoms with Gasteiger partial charge in [-0.05, 0) is 55.4 Å². The maximum absolute atomic E-state index is 13.6. The van der Waals surface area contributed by atoms with Gasteiger partial charge in [-0.25, -0.2) is 0 Å². The van der Waals surface area contributed by atoms with E-state index in [1.54, 1.807) is 55.4 Å². The van der Waals surface area contributed by atoms with Crippen molar-refractivity contribution >= 4 is 47.5 Å². The number of hydrogen-bond acceptors (Lipinski definition) is 16. The number of amides is 4. The monoisotopic (exact) mass is 800 g/mol. The topological polar surface area (TPSA) is 235 Å². The van der Waals surface area contributed by atoms with Gasteiger partial charge in [-0.1, -0.05) is 0 Å². The quantitative estimate of drug-likeness (QED) is 0.0735. The maximum atomic E-state index is 13.6. The van der Waals surface area contributed by atoms with Gasteiger partial charge < -0.3 is 38.5 Å². The van der Waals surface area contributed by atoms with Crippen LogP contribution in [0, 0.1) is 0 Å². The summed E-state index contributed by atoms with van der Waals surface area (Å²) in [6, 6.07) is -3.11. The summed E-state index contributed by atoms with van der Waals surface area (Å²) < 4.78 is 20.1. The van der Waals surface area contributed by atoms with E-state index in [9.17, 15) is 38.4 Å². The third-order valence-corrected chi connectivity index (χ3v) is 8.77. The smallest absolute Gasteiger partial charge is 0.322 e. The van der Waals surface area contributed by atoms with Crippen LogP contribution in [0.1, 0.15) is 55.4 Å². The van der Waals surface area contributed by atoms with E-state index in [1.165, 1.54) is 19.6 Å². The molecular formula is C36H64N8O12. The van der Waals surface area contributed by atoms with E-state index in [0.29, 0.717) is 0 Å². The second kappa shape index (κ2) is 27.2. The first kappa shape index (κ1) is 49.6. The number of ether oxygens (including phenoxy) is 4. The number of carbonyl (C=O) groups is 8. The van der Waals surface area contributed by atoms with Crippen molar-refractivity contribution < 1.29 is 57.3 Å². The molecule has 4 N–H and O–H groups in total. The molecule has 0 bridgehead atoms. The van der Waals surface area contributed by atoms with Crippen molar-refractivity contribution in [3.8, 4) is 0 Å². The van der Waals surface area contributed by atoms with Crippen LogP contribution in [-0.4, -0.2) is 196 Å². The number of nitrogens with one attached hydrogen (secondary N) is 4. The van der Waals surface area contributed by atoms with Crippen molar-refractivity contribution in [1.29, 1.82) is 0 Å². The Morgan fingerprint density at radius 2 is 0.536 bits per heavy atom. The van der Waals surface area contributed by atoms with E-state index < -0.39 is 71.7 Å². The Morgan fingerprint density at radius 1 is 0.375 bits per heavy atom. The first-order valence-corrected chi connectivity index (χ1v) is 19.3. The molecule has 1 aliphatic heterocycles. The van der Waals surface area contributed by atoms with E-state index in [2.05, 4.69) is 21.3 Å². The third kappa shape index (κ3) is 18.5. The largest absolute Gasteiger partial charge is 0.465 e. The van der Waals surface area contributed by atoms with Crippen molar-refractivity contribution in [3.05, 3.63) is 0 Å². The molecule has 56 heavy (non-hydrogen) atoms. The minimum atomic E-state index is -0.777. The molecule has 0 saturated carbocycles. The molecule has 0 aromatic rings. The number of esters is 4. The molecule has 0 radical (unpaired) electrons. The molecule has 0 unspecified atom stereocenters. The van der Waals surface area contributed by atoms with Crippen molar-refractivity contribution in [2.75, 3.05) is 105 Å². The van der Waals surface area contributed by atoms with E-state index in [-0.39, 0.29) is 105 Å². The number of rotatable bonds is 20. The molecule has 20 nitrogen and oxygen atoms in total. The van der Waals surface area contributed by atoms with Crippen LogP contribution in [0.25, 0.3) is 0 Å². The van der Waals surface area contributed by atoms with Crippen LogP contribution in [0.3, 0.4) is 0 Å². The molecule has 0 aromatic heterocycles. The van der Waals surface area contributed by atoms with Crippen molar-refractivity contribution in [3.63, 3.8) is 0 Å². The fourth-order valence-electron chi connectivity index (χ4n) is 5.22. The summed E-state index contributed by atoms with van der Waals surface area (Å²) in [4.78, 5) is 109. The predicted molar refractivity (Wildman–Crippen MR) is 203 cm³/mol. The molecule has 320 valence electrons. The molecule has 1 rings (SSSR count). The molecule has 4 amide bonds. The molecule has 1 fully saturated rings. The lowest BCUT2D eigenvalue weighted by atomic mass is 10.2. The highest BCUT2D eigenvalue weighted by atomic mass is 16.5. The summed E-state index contributed by atoms with van der Waals surface area (Å²) in [6.07, 6.45) is 0. The van der Waals surface area contributed by atoms with E-state index >= 15 is 0 Å². The van der Waals surface area contributed by atoms with Crippen LogP contribution >= 0.6 is 0 Å². The van der Waals surface area contributed by atoms with Gasteiger partial charge in [0.05, 0.1) is 52.6 Å². The minimum absolute atomic E-state index is 0.0280. The zero-order chi connectivity index (χ0) is 42.2. The van der Waals surface area contributed by atoms with E-state index in [4.69, 9.17) is 18.9 Å². The molecular weight excluding hydrogens is 736 g/mol. The van der Waals surface area contributed by atoms with Gasteiger partial charge in [-0.15, -0.1) is 0 Å². The highest BCUT2D eigenvalue weighted by Crippen LogP contribution is 2.05. The molecule has 0 aromatic carbocycles. The second-order valence-corrected chi connectivity index (χ2v) is 12.9. The summed E-state index contributed by atoms with van der Waals surface area (Å²) in [6.45, 7) is 12.9. The van der Waals surface area contributed by atoms with Gasteiger partial charge in [0.15, 0.2) is 0 Å². The van der Waals surface area contributed by atoms with E-state index in [1.807, 2.05) is 0 Å². The van der Waals surface area contributed by atoms with Crippen molar-refractivity contribution in [2.24, 2.45) is 0 Å². The second-order valence-electron chi connectivity index (χ2n) is 12.9. The van der Waals surface area contributed by atoms with Gasteiger partial charge >= 0.3 is 23.9 Å². The Kier molecular flexibility index (Phi) is 24.1. The molecule has 20 heteroatoms. The maximum Gasteiger partial charge on any atom is 0.322 e. The van der Waals surface area contributed by atoms with Gasteiger partial charge in [0.2, 0.25) is 23.6 Å². The summed E-state index contributed by atoms with van der Waals surface area (Å²) in [5, 5.41) is 11.5. The fourth-order valence-corrected chi connectivity index (χ4v) is 5.22. The van der Waals surface area contributed by atoms with Gasteiger partial charge in [0.25, 0.3) is 0 Å². The van der Waals surface area contributed by atoms with Gasteiger partial charge in [0, 0.05) is 52.4 Å². The Labute approximate surface area is 329 Å². The lowest BCUT2D eigenvalue weighted by molar-refractivity contribution is -0.147. The van der Waals surface area contributed by atoms with Gasteiger partial charge in [0.1, 0.15) is 24.2 Å². The zero-order valence-corrected chi connectivity index (χ0v) is 34.3. The Hall–Kier alpha value is -4.40. The number of hydrogen-bond donors (Lipinski definition) is 4. The molecule has 1 aliphatic rings. The van der Waals surface area contributed by atoms with Crippen LogP contribution < -0.4 is 21.3 Å². The van der Waals surface area contributed by atoms with Crippen LogP contribution in [0.4, 0.5) is 0 Å². The van der Waals surface area contributed by atoms with Crippen LogP contribution in [-0.2, 0) is 57.3 Å². The fraction of sp³-hybridized carbons (Fsp3) is 0.778. The Balaban J connectivity index is 3.39. The lowest BCUT2D eigenvalue weighted by Crippen LogP contribution is -2.55. The van der Waals surface area contributed by atoms with Gasteiger partial charge in [-0.3, -0.25) is 59.6 Å². The summed E-state index contributed by atoms with van der Waals surface area (Å²) in [5.41, 5.74) is 0. The van der Waals surface area contributed by atoms with Gasteiger partial charge in [-0.2, -0.15) is 0 Å². The van der Waals surface area contributed by atoms with Crippen molar-refractivity contribution in [1.82, 2.24) is 40.9 Å². The van der Waals surface area contributed by atoms with Crippen LogP contribution in [0.2, 0.25) is 0 Å². The molecule has 4 atom stereocenters. The highest BCUT2D eigenvalue weighted by molar-refractivity contribution is 5.83. The average Bonchev–Trinajstić information content (AvgIpc) is 3.16. The molecule has 0 aliphatic carbocycles. The summed E-state index contributed by atoms with van der Waals surface area (Å²) >= 11 is 0. The Morgan fingerprint density at radius 3 is 0.679 bits per heavy atom. The minimum Gasteiger partial charge on any atom is -0.465 e. The molecule has 0 spiro atoms. The third-order valence-electron chi connectivity index (χ3n) is 8.77. The molecule has 1 heterocycles. The average molecular weight is 801 g/mol. The Bertz CT molecular complexity index is 1100. The first-order chi connectivity index (χ1) is 26.6. The van der Waals surface area contributed by atoms with Crippen LogP contribution in [0.15, 0.2) is 0 Å². The predicted octanol–water partition coefficient (Wildman–Crippen LogP) is -2.52. The standard InChI is InChI=1S/C36H64N8O12/c1-9-53-33(49)25(5)37-21-29(45)41-13-15-42(30(46)22-38-26(6)34(50)54-10-2)17-19-44(32(48)24-40-28(8)36(52)56-12-4)20-18-43(16-14-41)31(47)23-39-27(7)35(51)55-11-3/h25-28,37-40H,9-24H2,1-8H3/t25-,26-,27-,28-/m0/s1. The number of carbonyl (C=O) groups excluding carboxylic acids is 8. The van der Waals surface area contributed by atoms with E-state index in [0.717, 1.165) is 0 Å². The lowest BCUT2D eigenvalue weighted by Gasteiger charge is -2.35. The highest BCUT2D eigenvalue weighted by Gasteiger charge is 2.27. The first-order valence-electron chi connectivity index (χ1n) is 19.3. The van der Waals surface area contributed by atoms with Crippen LogP contribution in [0.5, 0.6) is 0 Å². The SMILES string of the molecule is CCOC(=O)[C@H](C)NCC(=O)N1CCN(C(=O)CN[C@@H](C)C(=O)OCC)CCN(C(=O)CN[C@@H](C)C(=O)OCC)CCN(C(=O)CN[C@@H](C)C(=O)OCC)CC1. The zero-order valence-electron chi connectivity index (χ0n) is 34.3. The normalized spacial score (nSPS) is 16.3. The van der Waals surface area contributed by atoms with Crippen molar-refractivity contribution in [2.45, 2.75) is 79.6 Å². The molecule has 1 saturated heterocycles. The number of nitrogens with zero attached hydrogens (tertiary/aromatic N) is 4.